The first-order valence-corrected chi connectivity index (χ1v) is 5.26. The molecule has 1 amide bonds. The fraction of sp³-hybridized carbons (Fsp3) is 0.417. The SMILES string of the molecule is Cc1ccc(CCC(=O)NCC(F)(F)F)cc1. The standard InChI is InChI=1S/C12H14F3NO/c1-9-2-4-10(5-3-9)6-7-11(17)16-8-12(13,14)15/h2-5H,6-8H2,1H3,(H,16,17). The molecule has 0 spiro atoms. The van der Waals surface area contributed by atoms with Crippen LogP contribution in [-0.2, 0) is 11.2 Å². The summed E-state index contributed by atoms with van der Waals surface area (Å²) in [5.74, 6) is -0.581. The molecule has 17 heavy (non-hydrogen) atoms. The smallest absolute Gasteiger partial charge is 0.347 e. The van der Waals surface area contributed by atoms with Crippen molar-refractivity contribution >= 4 is 5.91 Å². The average Bonchev–Trinajstić information content (AvgIpc) is 2.25. The lowest BCUT2D eigenvalue weighted by atomic mass is 10.1. The maximum Gasteiger partial charge on any atom is 0.405 e. The summed E-state index contributed by atoms with van der Waals surface area (Å²) in [6, 6.07) is 7.55. The molecule has 0 heterocycles. The molecule has 0 bridgehead atoms. The van der Waals surface area contributed by atoms with E-state index in [4.69, 9.17) is 0 Å². The summed E-state index contributed by atoms with van der Waals surface area (Å²) in [5, 5.41) is 1.84. The van der Waals surface area contributed by atoms with Gasteiger partial charge < -0.3 is 5.32 Å². The number of hydrogen-bond acceptors (Lipinski definition) is 1. The predicted octanol–water partition coefficient (Wildman–Crippen LogP) is 2.61. The lowest BCUT2D eigenvalue weighted by Crippen LogP contribution is -2.33. The van der Waals surface area contributed by atoms with Crippen molar-refractivity contribution in [3.63, 3.8) is 0 Å². The van der Waals surface area contributed by atoms with Crippen molar-refractivity contribution in [1.29, 1.82) is 0 Å². The Morgan fingerprint density at radius 3 is 2.35 bits per heavy atom. The zero-order valence-electron chi connectivity index (χ0n) is 9.47. The van der Waals surface area contributed by atoms with Gasteiger partial charge in [0, 0.05) is 6.42 Å². The number of carbonyl (C=O) groups is 1. The van der Waals surface area contributed by atoms with Gasteiger partial charge in [-0.25, -0.2) is 0 Å². The van der Waals surface area contributed by atoms with Crippen molar-refractivity contribution < 1.29 is 18.0 Å². The van der Waals surface area contributed by atoms with Crippen LogP contribution in [0.1, 0.15) is 17.5 Å². The summed E-state index contributed by atoms with van der Waals surface area (Å²) < 4.78 is 35.4. The fourth-order valence-corrected chi connectivity index (χ4v) is 1.30. The molecule has 0 aliphatic carbocycles. The van der Waals surface area contributed by atoms with E-state index in [0.717, 1.165) is 11.1 Å². The largest absolute Gasteiger partial charge is 0.405 e. The van der Waals surface area contributed by atoms with Gasteiger partial charge in [0.25, 0.3) is 0 Å². The number of nitrogens with one attached hydrogen (secondary N) is 1. The molecule has 0 atom stereocenters. The van der Waals surface area contributed by atoms with Crippen LogP contribution in [0.2, 0.25) is 0 Å². The molecule has 94 valence electrons. The lowest BCUT2D eigenvalue weighted by molar-refractivity contribution is -0.138. The average molecular weight is 245 g/mol. The number of amides is 1. The van der Waals surface area contributed by atoms with E-state index in [1.165, 1.54) is 0 Å². The maximum atomic E-state index is 11.8. The van der Waals surface area contributed by atoms with Gasteiger partial charge in [0.15, 0.2) is 0 Å². The van der Waals surface area contributed by atoms with Crippen LogP contribution in [0.25, 0.3) is 0 Å². The van der Waals surface area contributed by atoms with Gasteiger partial charge in [-0.1, -0.05) is 29.8 Å². The second kappa shape index (κ2) is 5.70. The van der Waals surface area contributed by atoms with Crippen LogP contribution >= 0.6 is 0 Å². The highest BCUT2D eigenvalue weighted by molar-refractivity contribution is 5.76. The molecular formula is C12H14F3NO. The van der Waals surface area contributed by atoms with Gasteiger partial charge in [-0.15, -0.1) is 0 Å². The first-order chi connectivity index (χ1) is 7.87. The molecule has 0 saturated carbocycles. The van der Waals surface area contributed by atoms with Crippen LogP contribution in [0, 0.1) is 6.92 Å². The van der Waals surface area contributed by atoms with E-state index in [1.807, 2.05) is 36.5 Å². The monoisotopic (exact) mass is 245 g/mol. The Labute approximate surface area is 97.8 Å². The Morgan fingerprint density at radius 2 is 1.82 bits per heavy atom. The van der Waals surface area contributed by atoms with Gasteiger partial charge in [0.05, 0.1) is 0 Å². The van der Waals surface area contributed by atoms with Crippen LogP contribution < -0.4 is 5.32 Å². The minimum atomic E-state index is -4.35. The van der Waals surface area contributed by atoms with Gasteiger partial charge in [-0.2, -0.15) is 13.2 Å². The molecule has 0 aromatic heterocycles. The summed E-state index contributed by atoms with van der Waals surface area (Å²) in [6.07, 6.45) is -3.83. The van der Waals surface area contributed by atoms with Crippen molar-refractivity contribution in [1.82, 2.24) is 5.32 Å². The van der Waals surface area contributed by atoms with Gasteiger partial charge in [-0.05, 0) is 18.9 Å². The highest BCUT2D eigenvalue weighted by atomic mass is 19.4. The van der Waals surface area contributed by atoms with Gasteiger partial charge in [-0.3, -0.25) is 4.79 Å². The Morgan fingerprint density at radius 1 is 1.24 bits per heavy atom. The van der Waals surface area contributed by atoms with E-state index in [0.29, 0.717) is 6.42 Å². The molecule has 0 unspecified atom stereocenters. The lowest BCUT2D eigenvalue weighted by Gasteiger charge is -2.08. The molecule has 1 rings (SSSR count). The van der Waals surface area contributed by atoms with Crippen LogP contribution in [0.3, 0.4) is 0 Å². The van der Waals surface area contributed by atoms with E-state index in [2.05, 4.69) is 0 Å². The van der Waals surface area contributed by atoms with Crippen molar-refractivity contribution in [3.05, 3.63) is 35.4 Å². The maximum absolute atomic E-state index is 11.8. The number of aryl methyl sites for hydroxylation is 2. The summed E-state index contributed by atoms with van der Waals surface area (Å²) in [5.41, 5.74) is 2.05. The highest BCUT2D eigenvalue weighted by Gasteiger charge is 2.27. The highest BCUT2D eigenvalue weighted by Crippen LogP contribution is 2.12. The molecule has 0 aliphatic rings. The Balaban J connectivity index is 2.31. The Bertz CT molecular complexity index is 370. The second-order valence-corrected chi connectivity index (χ2v) is 3.88. The minimum absolute atomic E-state index is 0.0686. The first-order valence-electron chi connectivity index (χ1n) is 5.26. The van der Waals surface area contributed by atoms with E-state index in [9.17, 15) is 18.0 Å². The van der Waals surface area contributed by atoms with Crippen LogP contribution in [0.5, 0.6) is 0 Å². The zero-order valence-corrected chi connectivity index (χ0v) is 9.47. The number of halogens is 3. The third-order valence-corrected chi connectivity index (χ3v) is 2.25. The summed E-state index contributed by atoms with van der Waals surface area (Å²) in [6.45, 7) is 0.680. The normalized spacial score (nSPS) is 11.3. The molecule has 5 heteroatoms. The number of hydrogen-bond donors (Lipinski definition) is 1. The number of alkyl halides is 3. The third-order valence-electron chi connectivity index (χ3n) is 2.25. The summed E-state index contributed by atoms with van der Waals surface area (Å²) in [7, 11) is 0. The van der Waals surface area contributed by atoms with Crippen molar-refractivity contribution in [3.8, 4) is 0 Å². The van der Waals surface area contributed by atoms with E-state index in [1.54, 1.807) is 0 Å². The van der Waals surface area contributed by atoms with E-state index in [-0.39, 0.29) is 6.42 Å². The van der Waals surface area contributed by atoms with Crippen molar-refractivity contribution in [2.45, 2.75) is 25.9 Å². The van der Waals surface area contributed by atoms with Gasteiger partial charge in [0.2, 0.25) is 5.91 Å². The molecule has 1 aromatic rings. The Hall–Kier alpha value is -1.52. The molecule has 1 aromatic carbocycles. The molecule has 0 aliphatic heterocycles. The topological polar surface area (TPSA) is 29.1 Å². The van der Waals surface area contributed by atoms with Gasteiger partial charge >= 0.3 is 6.18 Å². The predicted molar refractivity (Wildman–Crippen MR) is 58.6 cm³/mol. The van der Waals surface area contributed by atoms with Crippen LogP contribution in [-0.4, -0.2) is 18.6 Å². The second-order valence-electron chi connectivity index (χ2n) is 3.88. The third kappa shape index (κ3) is 5.94. The van der Waals surface area contributed by atoms with E-state index < -0.39 is 18.6 Å². The Kier molecular flexibility index (Phi) is 4.54. The summed E-state index contributed by atoms with van der Waals surface area (Å²) >= 11 is 0. The number of rotatable bonds is 4. The fourth-order valence-electron chi connectivity index (χ4n) is 1.30. The number of benzene rings is 1. The van der Waals surface area contributed by atoms with E-state index >= 15 is 0 Å². The molecule has 2 nitrogen and oxygen atoms in total. The molecule has 1 N–H and O–H groups in total. The van der Waals surface area contributed by atoms with Crippen molar-refractivity contribution in [2.24, 2.45) is 0 Å². The van der Waals surface area contributed by atoms with Crippen LogP contribution in [0.4, 0.5) is 13.2 Å². The quantitative estimate of drug-likeness (QED) is 0.868. The zero-order chi connectivity index (χ0) is 12.9. The van der Waals surface area contributed by atoms with Crippen molar-refractivity contribution in [2.75, 3.05) is 6.54 Å². The minimum Gasteiger partial charge on any atom is -0.347 e. The first kappa shape index (κ1) is 13.5. The summed E-state index contributed by atoms with van der Waals surface area (Å²) in [4.78, 5) is 11.1. The van der Waals surface area contributed by atoms with Crippen LogP contribution in [0.15, 0.2) is 24.3 Å². The number of carbonyl (C=O) groups excluding carboxylic acids is 1. The van der Waals surface area contributed by atoms with Gasteiger partial charge in [0.1, 0.15) is 6.54 Å². The molecule has 0 fully saturated rings. The molecular weight excluding hydrogens is 231 g/mol. The molecule has 0 saturated heterocycles. The molecule has 0 radical (unpaired) electrons.